The second kappa shape index (κ2) is 15.5. The van der Waals surface area contributed by atoms with E-state index in [-0.39, 0.29) is 23.7 Å². The number of phenols is 2. The second-order valence-electron chi connectivity index (χ2n) is 12.2. The van der Waals surface area contributed by atoms with Crippen molar-refractivity contribution in [3.8, 4) is 68.7 Å². The van der Waals surface area contributed by atoms with E-state index in [0.717, 1.165) is 70.3 Å². The lowest BCUT2D eigenvalue weighted by atomic mass is 10.1. The summed E-state index contributed by atoms with van der Waals surface area (Å²) >= 11 is 3.58. The number of halogens is 1. The normalized spacial score (nSPS) is 16.8. The smallest absolute Gasteiger partial charge is 0.258 e. The van der Waals surface area contributed by atoms with Gasteiger partial charge in [0.05, 0.1) is 0 Å². The van der Waals surface area contributed by atoms with Crippen LogP contribution >= 0.6 is 15.9 Å². The summed E-state index contributed by atoms with van der Waals surface area (Å²) in [5.41, 5.74) is 4.53. The first kappa shape index (κ1) is 33.8. The highest BCUT2D eigenvalue weighted by Crippen LogP contribution is 2.31. The van der Waals surface area contributed by atoms with Crippen molar-refractivity contribution >= 4 is 15.9 Å². The minimum atomic E-state index is 0.0841. The number of phenolic OH excluding ortho intramolecular Hbond substituents is 2. The molecule has 2 unspecified atom stereocenters. The molecule has 0 saturated heterocycles. The summed E-state index contributed by atoms with van der Waals surface area (Å²) in [5, 5.41) is 26.8. The molecular formula is C40H35BrN4O6. The third-order valence-electron chi connectivity index (χ3n) is 8.58. The van der Waals surface area contributed by atoms with Crippen molar-refractivity contribution in [2.45, 2.75) is 51.2 Å². The fourth-order valence-electron chi connectivity index (χ4n) is 5.72. The molecule has 0 amide bonds. The molecule has 0 aliphatic heterocycles. The van der Waals surface area contributed by atoms with Crippen molar-refractivity contribution < 1.29 is 28.7 Å². The van der Waals surface area contributed by atoms with E-state index in [4.69, 9.17) is 18.5 Å². The molecule has 10 nitrogen and oxygen atoms in total. The molecule has 2 aliphatic rings. The minimum Gasteiger partial charge on any atom is -0.508 e. The molecule has 4 aromatic carbocycles. The third-order valence-corrected chi connectivity index (χ3v) is 9.42. The van der Waals surface area contributed by atoms with Gasteiger partial charge >= 0.3 is 0 Å². The SMILES string of the molecule is CC1=CCCC1Oc1ccc(-c2noc(-c3ccc(O)cc3)n2)cc1.Oc1ccc(-c2nc(-c3ccc(OC4CCCC=C4Br)cc3)no2)cc1. The molecular weight excluding hydrogens is 712 g/mol. The summed E-state index contributed by atoms with van der Waals surface area (Å²) in [4.78, 5) is 8.84. The summed E-state index contributed by atoms with van der Waals surface area (Å²) in [7, 11) is 0. The summed E-state index contributed by atoms with van der Waals surface area (Å²) in [6, 6.07) is 28.7. The van der Waals surface area contributed by atoms with E-state index in [1.54, 1.807) is 48.5 Å². The summed E-state index contributed by atoms with van der Waals surface area (Å²) < 4.78 is 23.8. The average Bonchev–Trinajstić information content (AvgIpc) is 3.94. The van der Waals surface area contributed by atoms with Gasteiger partial charge in [-0.15, -0.1) is 0 Å². The lowest BCUT2D eigenvalue weighted by molar-refractivity contribution is 0.227. The third kappa shape index (κ3) is 8.38. The molecule has 2 aliphatic carbocycles. The lowest BCUT2D eigenvalue weighted by Gasteiger charge is -2.22. The highest BCUT2D eigenvalue weighted by molar-refractivity contribution is 9.11. The van der Waals surface area contributed by atoms with Crippen LogP contribution in [0.5, 0.6) is 23.0 Å². The average molecular weight is 748 g/mol. The molecule has 2 aromatic heterocycles. The number of ether oxygens (including phenoxy) is 2. The van der Waals surface area contributed by atoms with Crippen molar-refractivity contribution in [1.29, 1.82) is 0 Å². The van der Waals surface area contributed by atoms with Crippen LogP contribution < -0.4 is 9.47 Å². The van der Waals surface area contributed by atoms with Gasteiger partial charge < -0.3 is 28.7 Å². The molecule has 51 heavy (non-hydrogen) atoms. The summed E-state index contributed by atoms with van der Waals surface area (Å²) in [6.45, 7) is 2.11. The zero-order chi connectivity index (χ0) is 35.2. The molecule has 2 heterocycles. The predicted octanol–water partition coefficient (Wildman–Crippen LogP) is 9.92. The number of benzene rings is 4. The Labute approximate surface area is 303 Å². The van der Waals surface area contributed by atoms with Crippen LogP contribution in [-0.2, 0) is 0 Å². The van der Waals surface area contributed by atoms with Gasteiger partial charge in [0.15, 0.2) is 0 Å². The minimum absolute atomic E-state index is 0.0841. The Morgan fingerprint density at radius 1 is 0.588 bits per heavy atom. The second-order valence-corrected chi connectivity index (χ2v) is 13.2. The molecule has 6 aromatic rings. The van der Waals surface area contributed by atoms with E-state index in [1.165, 1.54) is 5.57 Å². The Kier molecular flexibility index (Phi) is 10.3. The first-order chi connectivity index (χ1) is 24.9. The van der Waals surface area contributed by atoms with E-state index in [2.05, 4.69) is 55.3 Å². The van der Waals surface area contributed by atoms with E-state index < -0.39 is 0 Å². The van der Waals surface area contributed by atoms with Crippen molar-refractivity contribution in [1.82, 2.24) is 20.3 Å². The van der Waals surface area contributed by atoms with E-state index in [0.29, 0.717) is 23.4 Å². The maximum atomic E-state index is 9.36. The Morgan fingerprint density at radius 3 is 1.51 bits per heavy atom. The molecule has 258 valence electrons. The number of aromatic hydroxyl groups is 2. The van der Waals surface area contributed by atoms with Gasteiger partial charge in [-0.3, -0.25) is 0 Å². The van der Waals surface area contributed by atoms with Crippen LogP contribution in [0, 0.1) is 0 Å². The summed E-state index contributed by atoms with van der Waals surface area (Å²) in [6.07, 6.45) is 10.0. The number of hydrogen-bond donors (Lipinski definition) is 2. The van der Waals surface area contributed by atoms with Gasteiger partial charge in [0.2, 0.25) is 11.6 Å². The van der Waals surface area contributed by atoms with Crippen molar-refractivity contribution in [2.75, 3.05) is 0 Å². The van der Waals surface area contributed by atoms with Gasteiger partial charge in [-0.25, -0.2) is 0 Å². The first-order valence-electron chi connectivity index (χ1n) is 16.7. The largest absolute Gasteiger partial charge is 0.508 e. The van der Waals surface area contributed by atoms with Gasteiger partial charge in [-0.1, -0.05) is 38.4 Å². The van der Waals surface area contributed by atoms with Crippen molar-refractivity contribution in [3.05, 3.63) is 119 Å². The summed E-state index contributed by atoms with van der Waals surface area (Å²) in [5.74, 6) is 3.91. The highest BCUT2D eigenvalue weighted by atomic mass is 79.9. The van der Waals surface area contributed by atoms with Gasteiger partial charge in [0.25, 0.3) is 11.8 Å². The van der Waals surface area contributed by atoms with Crippen LogP contribution in [0.15, 0.2) is 128 Å². The van der Waals surface area contributed by atoms with Crippen LogP contribution in [-0.4, -0.2) is 42.7 Å². The van der Waals surface area contributed by atoms with Crippen LogP contribution in [0.25, 0.3) is 45.7 Å². The van der Waals surface area contributed by atoms with E-state index in [1.807, 2.05) is 48.5 Å². The molecule has 2 atom stereocenters. The van der Waals surface area contributed by atoms with Gasteiger partial charge in [-0.05, 0) is 142 Å². The quantitative estimate of drug-likeness (QED) is 0.145. The Hall–Kier alpha value is -5.68. The van der Waals surface area contributed by atoms with Gasteiger partial charge in [-0.2, -0.15) is 9.97 Å². The standard InChI is InChI=1S/C20H17BrN2O3.C20H18N2O3/c21-17-3-1-2-4-18(17)25-16-11-7-13(8-12-16)19-22-20(26-23-19)14-5-9-15(24)10-6-14;1-13-3-2-4-18(13)24-17-11-7-14(8-12-17)19-21-20(25-22-19)15-5-9-16(23)10-6-15/h3,5-12,18,24H,1-2,4H2;3,5-12,18,23H,2,4H2,1H3. The number of allylic oxidation sites excluding steroid dienone is 2. The Bertz CT molecular complexity index is 2120. The number of rotatable bonds is 8. The zero-order valence-electron chi connectivity index (χ0n) is 27.8. The van der Waals surface area contributed by atoms with Crippen LogP contribution in [0.3, 0.4) is 0 Å². The van der Waals surface area contributed by atoms with E-state index >= 15 is 0 Å². The van der Waals surface area contributed by atoms with Gasteiger partial charge in [0, 0.05) is 26.7 Å². The Balaban J connectivity index is 0.000000159. The fourth-order valence-corrected chi connectivity index (χ4v) is 6.27. The van der Waals surface area contributed by atoms with Crippen molar-refractivity contribution in [3.63, 3.8) is 0 Å². The number of hydrogen-bond acceptors (Lipinski definition) is 10. The number of aromatic nitrogens is 4. The molecule has 0 bridgehead atoms. The van der Waals surface area contributed by atoms with Gasteiger partial charge in [0.1, 0.15) is 35.2 Å². The maximum Gasteiger partial charge on any atom is 0.258 e. The van der Waals surface area contributed by atoms with E-state index in [9.17, 15) is 10.2 Å². The maximum absolute atomic E-state index is 9.36. The molecule has 0 fully saturated rings. The van der Waals surface area contributed by atoms with Crippen LogP contribution in [0.1, 0.15) is 39.0 Å². The van der Waals surface area contributed by atoms with Crippen molar-refractivity contribution in [2.24, 2.45) is 0 Å². The molecule has 0 saturated carbocycles. The highest BCUT2D eigenvalue weighted by Gasteiger charge is 2.19. The molecule has 0 radical (unpaired) electrons. The topological polar surface area (TPSA) is 137 Å². The lowest BCUT2D eigenvalue weighted by Crippen LogP contribution is -2.19. The number of nitrogens with zero attached hydrogens (tertiary/aromatic N) is 4. The molecule has 8 rings (SSSR count). The first-order valence-corrected chi connectivity index (χ1v) is 17.5. The monoisotopic (exact) mass is 746 g/mol. The molecule has 2 N–H and O–H groups in total. The molecule has 0 spiro atoms. The fraction of sp³-hybridized carbons (Fsp3) is 0.200. The van der Waals surface area contributed by atoms with Crippen LogP contribution in [0.2, 0.25) is 0 Å². The molecule has 11 heteroatoms. The Morgan fingerprint density at radius 2 is 1.06 bits per heavy atom. The zero-order valence-corrected chi connectivity index (χ0v) is 29.4. The van der Waals surface area contributed by atoms with Crippen LogP contribution in [0.4, 0.5) is 0 Å². The predicted molar refractivity (Wildman–Crippen MR) is 196 cm³/mol.